The van der Waals surface area contributed by atoms with E-state index < -0.39 is 0 Å². The van der Waals surface area contributed by atoms with Crippen LogP contribution in [0.15, 0.2) is 35.7 Å². The molecule has 0 atom stereocenters. The lowest BCUT2D eigenvalue weighted by Gasteiger charge is -2.16. The van der Waals surface area contributed by atoms with E-state index in [1.807, 2.05) is 6.07 Å². The molecule has 7 nitrogen and oxygen atoms in total. The van der Waals surface area contributed by atoms with Crippen LogP contribution < -0.4 is 15.4 Å². The van der Waals surface area contributed by atoms with Crippen molar-refractivity contribution in [1.82, 2.24) is 4.90 Å². The Balaban J connectivity index is 1.80. The second kappa shape index (κ2) is 8.82. The molecule has 1 aromatic heterocycles. The first-order chi connectivity index (χ1) is 12.0. The molecule has 0 radical (unpaired) electrons. The van der Waals surface area contributed by atoms with Crippen molar-refractivity contribution >= 4 is 33.8 Å². The largest absolute Gasteiger partial charge is 0.497 e. The van der Waals surface area contributed by atoms with Gasteiger partial charge in [-0.3, -0.25) is 14.5 Å². The molecule has 0 spiro atoms. The van der Waals surface area contributed by atoms with Crippen LogP contribution in [0, 0.1) is 11.3 Å². The van der Waals surface area contributed by atoms with Crippen molar-refractivity contribution in [1.29, 1.82) is 5.26 Å². The number of amides is 2. The molecule has 0 aliphatic carbocycles. The first-order valence-corrected chi connectivity index (χ1v) is 8.29. The van der Waals surface area contributed by atoms with E-state index in [0.717, 1.165) is 0 Å². The van der Waals surface area contributed by atoms with Gasteiger partial charge in [0, 0.05) is 5.69 Å². The summed E-state index contributed by atoms with van der Waals surface area (Å²) in [5.41, 5.74) is 1.08. The number of methoxy groups -OCH3 is 1. The van der Waals surface area contributed by atoms with Gasteiger partial charge in [0.25, 0.3) is 0 Å². The summed E-state index contributed by atoms with van der Waals surface area (Å²) in [6.07, 6.45) is 0. The minimum atomic E-state index is -0.279. The van der Waals surface area contributed by atoms with E-state index in [9.17, 15) is 9.59 Å². The van der Waals surface area contributed by atoms with Crippen LogP contribution in [0.1, 0.15) is 5.56 Å². The van der Waals surface area contributed by atoms with Gasteiger partial charge in [-0.15, -0.1) is 11.3 Å². The molecule has 130 valence electrons. The van der Waals surface area contributed by atoms with Crippen molar-refractivity contribution in [2.75, 3.05) is 37.9 Å². The highest BCUT2D eigenvalue weighted by atomic mass is 32.1. The number of likely N-dealkylation sites (N-methyl/N-ethyl adjacent to an activating group) is 1. The van der Waals surface area contributed by atoms with Gasteiger partial charge in [-0.1, -0.05) is 0 Å². The molecule has 0 saturated heterocycles. The number of ether oxygens (including phenoxy) is 1. The Morgan fingerprint density at radius 1 is 1.16 bits per heavy atom. The number of nitrogens with one attached hydrogen (secondary N) is 2. The number of anilines is 2. The molecular formula is C17H18N4O3S. The van der Waals surface area contributed by atoms with Crippen molar-refractivity contribution in [3.63, 3.8) is 0 Å². The highest BCUT2D eigenvalue weighted by Crippen LogP contribution is 2.21. The summed E-state index contributed by atoms with van der Waals surface area (Å²) >= 11 is 1.29. The van der Waals surface area contributed by atoms with Crippen LogP contribution in [-0.4, -0.2) is 44.0 Å². The van der Waals surface area contributed by atoms with E-state index >= 15 is 0 Å². The molecule has 2 N–H and O–H groups in total. The minimum absolute atomic E-state index is 0.0405. The number of nitrogens with zero attached hydrogens (tertiary/aromatic N) is 2. The second-order valence-electron chi connectivity index (χ2n) is 5.27. The summed E-state index contributed by atoms with van der Waals surface area (Å²) in [5.74, 6) is 0.199. The number of hydrogen-bond acceptors (Lipinski definition) is 6. The monoisotopic (exact) mass is 358 g/mol. The van der Waals surface area contributed by atoms with E-state index in [2.05, 4.69) is 10.6 Å². The van der Waals surface area contributed by atoms with E-state index in [-0.39, 0.29) is 24.9 Å². The van der Waals surface area contributed by atoms with E-state index in [4.69, 9.17) is 10.00 Å². The lowest BCUT2D eigenvalue weighted by atomic mass is 10.3. The highest BCUT2D eigenvalue weighted by molar-refractivity contribution is 7.14. The highest BCUT2D eigenvalue weighted by Gasteiger charge is 2.13. The maximum atomic E-state index is 12.0. The van der Waals surface area contributed by atoms with Crippen LogP contribution in [0.5, 0.6) is 5.75 Å². The maximum Gasteiger partial charge on any atom is 0.239 e. The third-order valence-electron chi connectivity index (χ3n) is 3.24. The number of hydrogen-bond donors (Lipinski definition) is 2. The number of carbonyl (C=O) groups is 2. The summed E-state index contributed by atoms with van der Waals surface area (Å²) < 4.78 is 5.06. The van der Waals surface area contributed by atoms with Gasteiger partial charge in [-0.25, -0.2) is 0 Å². The van der Waals surface area contributed by atoms with Crippen molar-refractivity contribution in [2.45, 2.75) is 0 Å². The Labute approximate surface area is 149 Å². The Kier molecular flexibility index (Phi) is 6.51. The van der Waals surface area contributed by atoms with Crippen LogP contribution in [0.4, 0.5) is 10.7 Å². The van der Waals surface area contributed by atoms with Crippen molar-refractivity contribution < 1.29 is 14.3 Å². The van der Waals surface area contributed by atoms with Gasteiger partial charge in [0.2, 0.25) is 11.8 Å². The smallest absolute Gasteiger partial charge is 0.239 e. The molecule has 2 amide bonds. The maximum absolute atomic E-state index is 12.0. The fourth-order valence-corrected chi connectivity index (χ4v) is 2.83. The molecule has 1 heterocycles. The van der Waals surface area contributed by atoms with Gasteiger partial charge in [-0.2, -0.15) is 5.26 Å². The van der Waals surface area contributed by atoms with Crippen molar-refractivity contribution in [3.8, 4) is 11.8 Å². The predicted molar refractivity (Wildman–Crippen MR) is 96.8 cm³/mol. The standard InChI is InChI=1S/C17H18N4O3S/c1-21(11-16(23)20-17-12(9-18)7-8-25-17)10-15(22)19-13-3-5-14(24-2)6-4-13/h3-8H,10-11H2,1-2H3,(H,19,22)(H,20,23). The number of carbonyl (C=O) groups excluding carboxylic acids is 2. The third-order valence-corrected chi connectivity index (χ3v) is 4.07. The summed E-state index contributed by atoms with van der Waals surface area (Å²) in [7, 11) is 3.25. The molecule has 0 fully saturated rings. The van der Waals surface area contributed by atoms with E-state index in [0.29, 0.717) is 22.0 Å². The first-order valence-electron chi connectivity index (χ1n) is 7.41. The average Bonchev–Trinajstić information content (AvgIpc) is 3.02. The fraction of sp³-hybridized carbons (Fsp3) is 0.235. The van der Waals surface area contributed by atoms with Gasteiger partial charge < -0.3 is 15.4 Å². The summed E-state index contributed by atoms with van der Waals surface area (Å²) in [6, 6.07) is 10.6. The van der Waals surface area contributed by atoms with Crippen LogP contribution in [0.25, 0.3) is 0 Å². The minimum Gasteiger partial charge on any atom is -0.497 e. The summed E-state index contributed by atoms with van der Waals surface area (Å²) in [4.78, 5) is 25.6. The lowest BCUT2D eigenvalue weighted by molar-refractivity contribution is -0.119. The van der Waals surface area contributed by atoms with Gasteiger partial charge >= 0.3 is 0 Å². The van der Waals surface area contributed by atoms with Gasteiger partial charge in [-0.05, 0) is 42.8 Å². The van der Waals surface area contributed by atoms with Crippen LogP contribution in [0.2, 0.25) is 0 Å². The molecule has 0 aliphatic rings. The predicted octanol–water partition coefficient (Wildman–Crippen LogP) is 2.14. The molecule has 0 saturated carbocycles. The van der Waals surface area contributed by atoms with Crippen molar-refractivity contribution in [3.05, 3.63) is 41.3 Å². The number of nitriles is 1. The second-order valence-corrected chi connectivity index (χ2v) is 6.19. The average molecular weight is 358 g/mol. The topological polar surface area (TPSA) is 94.5 Å². The summed E-state index contributed by atoms with van der Waals surface area (Å²) in [6.45, 7) is 0.105. The molecule has 0 unspecified atom stereocenters. The van der Waals surface area contributed by atoms with Gasteiger partial charge in [0.1, 0.15) is 16.8 Å². The Morgan fingerprint density at radius 3 is 2.40 bits per heavy atom. The molecular weight excluding hydrogens is 340 g/mol. The Morgan fingerprint density at radius 2 is 1.80 bits per heavy atom. The summed E-state index contributed by atoms with van der Waals surface area (Å²) in [5, 5.41) is 16.6. The molecule has 2 aromatic rings. The zero-order valence-corrected chi connectivity index (χ0v) is 14.7. The van der Waals surface area contributed by atoms with Crippen molar-refractivity contribution in [2.24, 2.45) is 0 Å². The van der Waals surface area contributed by atoms with E-state index in [1.165, 1.54) is 11.3 Å². The zero-order chi connectivity index (χ0) is 18.2. The molecule has 0 bridgehead atoms. The fourth-order valence-electron chi connectivity index (χ4n) is 2.08. The number of rotatable bonds is 7. The zero-order valence-electron chi connectivity index (χ0n) is 13.9. The quantitative estimate of drug-likeness (QED) is 0.791. The van der Waals surface area contributed by atoms with Crippen LogP contribution in [-0.2, 0) is 9.59 Å². The number of benzene rings is 1. The van der Waals surface area contributed by atoms with Crippen LogP contribution in [0.3, 0.4) is 0 Å². The SMILES string of the molecule is COc1ccc(NC(=O)CN(C)CC(=O)Nc2sccc2C#N)cc1. The van der Waals surface area contributed by atoms with Gasteiger partial charge in [0.05, 0.1) is 25.8 Å². The molecule has 8 heteroatoms. The molecule has 25 heavy (non-hydrogen) atoms. The molecule has 2 rings (SSSR count). The lowest BCUT2D eigenvalue weighted by Crippen LogP contribution is -2.36. The van der Waals surface area contributed by atoms with Crippen LogP contribution >= 0.6 is 11.3 Å². The third kappa shape index (κ3) is 5.60. The number of thiophene rings is 1. The van der Waals surface area contributed by atoms with E-state index in [1.54, 1.807) is 54.8 Å². The molecule has 1 aromatic carbocycles. The Hall–Kier alpha value is -2.89. The van der Waals surface area contributed by atoms with Gasteiger partial charge in [0.15, 0.2) is 0 Å². The normalized spacial score (nSPS) is 10.2. The Bertz CT molecular complexity index is 780. The first kappa shape index (κ1) is 18.4. The molecule has 0 aliphatic heterocycles.